The fraction of sp³-hybridized carbons (Fsp3) is 0.462. The van der Waals surface area contributed by atoms with Crippen LogP contribution in [0.5, 0.6) is 0 Å². The largest absolute Gasteiger partial charge is 0.469 e. The Kier molecular flexibility index (Phi) is 3.96. The van der Waals surface area contributed by atoms with Gasteiger partial charge in [-0.15, -0.1) is 11.8 Å². The van der Waals surface area contributed by atoms with Gasteiger partial charge < -0.3 is 10.5 Å². The number of nitrogens with two attached hydrogens (primary N) is 1. The summed E-state index contributed by atoms with van der Waals surface area (Å²) in [6.07, 6.45) is 4.06. The molecule has 0 spiro atoms. The van der Waals surface area contributed by atoms with Crippen molar-refractivity contribution in [3.05, 3.63) is 17.8 Å². The SMILES string of the molecule is COC(=O)CC1(CSc2nccc(C#N)c2N)CC1. The van der Waals surface area contributed by atoms with Gasteiger partial charge in [0.25, 0.3) is 0 Å². The Bertz CT molecular complexity index is 535. The number of nitriles is 1. The van der Waals surface area contributed by atoms with Crippen molar-refractivity contribution in [3.63, 3.8) is 0 Å². The molecular weight excluding hydrogens is 262 g/mol. The van der Waals surface area contributed by atoms with Crippen molar-refractivity contribution in [2.75, 3.05) is 18.6 Å². The second-order valence-electron chi connectivity index (χ2n) is 4.73. The minimum absolute atomic E-state index is 0.0223. The molecule has 100 valence electrons. The number of hydrogen-bond donors (Lipinski definition) is 1. The number of methoxy groups -OCH3 is 1. The molecule has 0 aromatic carbocycles. The molecule has 2 rings (SSSR count). The van der Waals surface area contributed by atoms with Gasteiger partial charge >= 0.3 is 5.97 Å². The van der Waals surface area contributed by atoms with Crippen LogP contribution in [0, 0.1) is 16.7 Å². The molecule has 0 aliphatic heterocycles. The van der Waals surface area contributed by atoms with E-state index in [1.54, 1.807) is 12.3 Å². The number of thioether (sulfide) groups is 1. The highest BCUT2D eigenvalue weighted by Gasteiger charge is 2.44. The van der Waals surface area contributed by atoms with E-state index < -0.39 is 0 Å². The summed E-state index contributed by atoms with van der Waals surface area (Å²) in [7, 11) is 1.40. The van der Waals surface area contributed by atoms with Crippen LogP contribution in [0.4, 0.5) is 5.69 Å². The van der Waals surface area contributed by atoms with E-state index in [4.69, 9.17) is 15.7 Å². The summed E-state index contributed by atoms with van der Waals surface area (Å²) in [5.74, 6) is 0.596. The van der Waals surface area contributed by atoms with Crippen LogP contribution in [0.15, 0.2) is 17.3 Å². The molecule has 0 bridgehead atoms. The summed E-state index contributed by atoms with van der Waals surface area (Å²) < 4.78 is 4.71. The summed E-state index contributed by atoms with van der Waals surface area (Å²) >= 11 is 1.50. The van der Waals surface area contributed by atoms with Crippen LogP contribution in [0.2, 0.25) is 0 Å². The predicted molar refractivity (Wildman–Crippen MR) is 72.4 cm³/mol. The first-order valence-corrected chi connectivity index (χ1v) is 6.93. The van der Waals surface area contributed by atoms with Crippen LogP contribution >= 0.6 is 11.8 Å². The summed E-state index contributed by atoms with van der Waals surface area (Å²) in [5.41, 5.74) is 6.76. The van der Waals surface area contributed by atoms with E-state index >= 15 is 0 Å². The van der Waals surface area contributed by atoms with E-state index in [0.717, 1.165) is 18.6 Å². The lowest BCUT2D eigenvalue weighted by molar-refractivity contribution is -0.141. The minimum Gasteiger partial charge on any atom is -0.469 e. The zero-order valence-corrected chi connectivity index (χ0v) is 11.5. The number of pyridine rings is 1. The molecule has 1 aromatic rings. The van der Waals surface area contributed by atoms with E-state index in [2.05, 4.69) is 4.98 Å². The van der Waals surface area contributed by atoms with Gasteiger partial charge in [-0.2, -0.15) is 5.26 Å². The molecule has 0 saturated heterocycles. The van der Waals surface area contributed by atoms with Crippen molar-refractivity contribution in [1.82, 2.24) is 4.98 Å². The number of carbonyl (C=O) groups excluding carboxylic acids is 1. The highest BCUT2D eigenvalue weighted by molar-refractivity contribution is 7.99. The molecule has 0 unspecified atom stereocenters. The van der Waals surface area contributed by atoms with Gasteiger partial charge in [0.2, 0.25) is 0 Å². The average molecular weight is 277 g/mol. The molecular formula is C13H15N3O2S. The molecule has 0 atom stereocenters. The molecule has 1 heterocycles. The van der Waals surface area contributed by atoms with E-state index in [1.165, 1.54) is 18.9 Å². The Labute approximate surface area is 116 Å². The molecule has 0 amide bonds. The van der Waals surface area contributed by atoms with Crippen LogP contribution in [0.3, 0.4) is 0 Å². The smallest absolute Gasteiger partial charge is 0.306 e. The summed E-state index contributed by atoms with van der Waals surface area (Å²) in [6, 6.07) is 3.64. The van der Waals surface area contributed by atoms with Gasteiger partial charge in [-0.05, 0) is 24.3 Å². The van der Waals surface area contributed by atoms with Gasteiger partial charge in [0.1, 0.15) is 11.1 Å². The average Bonchev–Trinajstić information content (AvgIpc) is 3.17. The lowest BCUT2D eigenvalue weighted by Gasteiger charge is -2.13. The number of anilines is 1. The number of ether oxygens (including phenoxy) is 1. The standard InChI is InChI=1S/C13H15N3O2S/c1-18-10(17)6-13(3-4-13)8-19-12-11(15)9(7-14)2-5-16-12/h2,5H,3-4,6,8,15H2,1H3. The van der Waals surface area contributed by atoms with Crippen LogP contribution in [0.25, 0.3) is 0 Å². The van der Waals surface area contributed by atoms with E-state index in [-0.39, 0.29) is 11.4 Å². The third-order valence-corrected chi connectivity index (χ3v) is 4.65. The normalized spacial score (nSPS) is 15.6. The van der Waals surface area contributed by atoms with Crippen LogP contribution in [0.1, 0.15) is 24.8 Å². The maximum absolute atomic E-state index is 11.3. The van der Waals surface area contributed by atoms with Crippen molar-refractivity contribution < 1.29 is 9.53 Å². The van der Waals surface area contributed by atoms with Gasteiger partial charge in [-0.1, -0.05) is 0 Å². The Balaban J connectivity index is 2.00. The second kappa shape index (κ2) is 5.49. The third-order valence-electron chi connectivity index (χ3n) is 3.29. The topological polar surface area (TPSA) is 89.0 Å². The second-order valence-corrected chi connectivity index (χ2v) is 5.69. The Hall–Kier alpha value is -1.74. The Morgan fingerprint density at radius 3 is 3.00 bits per heavy atom. The molecule has 1 aliphatic rings. The van der Waals surface area contributed by atoms with Crippen LogP contribution in [-0.4, -0.2) is 23.8 Å². The molecule has 2 N–H and O–H groups in total. The first kappa shape index (κ1) is 13.7. The van der Waals surface area contributed by atoms with Crippen LogP contribution < -0.4 is 5.73 Å². The molecule has 1 saturated carbocycles. The quantitative estimate of drug-likeness (QED) is 0.654. The van der Waals surface area contributed by atoms with Crippen molar-refractivity contribution in [2.24, 2.45) is 5.41 Å². The number of nitrogens with zero attached hydrogens (tertiary/aromatic N) is 2. The lowest BCUT2D eigenvalue weighted by atomic mass is 10.1. The molecule has 6 heteroatoms. The van der Waals surface area contributed by atoms with Gasteiger partial charge in [-0.25, -0.2) is 4.98 Å². The van der Waals surface area contributed by atoms with Gasteiger partial charge in [-0.3, -0.25) is 4.79 Å². The van der Waals surface area contributed by atoms with E-state index in [9.17, 15) is 4.79 Å². The maximum Gasteiger partial charge on any atom is 0.306 e. The molecule has 1 fully saturated rings. The lowest BCUT2D eigenvalue weighted by Crippen LogP contribution is -2.13. The molecule has 0 radical (unpaired) electrons. The molecule has 19 heavy (non-hydrogen) atoms. The van der Waals surface area contributed by atoms with Gasteiger partial charge in [0.05, 0.1) is 24.8 Å². The highest BCUT2D eigenvalue weighted by Crippen LogP contribution is 2.52. The van der Waals surface area contributed by atoms with Crippen molar-refractivity contribution in [1.29, 1.82) is 5.26 Å². The van der Waals surface area contributed by atoms with E-state index in [1.807, 2.05) is 6.07 Å². The van der Waals surface area contributed by atoms with Gasteiger partial charge in [0, 0.05) is 11.9 Å². The number of aromatic nitrogens is 1. The summed E-state index contributed by atoms with van der Waals surface area (Å²) in [6.45, 7) is 0. The number of hydrogen-bond acceptors (Lipinski definition) is 6. The monoisotopic (exact) mass is 277 g/mol. The fourth-order valence-corrected chi connectivity index (χ4v) is 3.05. The number of esters is 1. The molecule has 1 aliphatic carbocycles. The number of carbonyl (C=O) groups is 1. The highest BCUT2D eigenvalue weighted by atomic mass is 32.2. The maximum atomic E-state index is 11.3. The van der Waals surface area contributed by atoms with Crippen molar-refractivity contribution in [3.8, 4) is 6.07 Å². The first-order valence-electron chi connectivity index (χ1n) is 5.94. The zero-order chi connectivity index (χ0) is 13.9. The Morgan fingerprint density at radius 2 is 2.42 bits per heavy atom. The number of nitrogen functional groups attached to an aromatic ring is 1. The van der Waals surface area contributed by atoms with Crippen molar-refractivity contribution in [2.45, 2.75) is 24.3 Å². The summed E-state index contributed by atoms with van der Waals surface area (Å²) in [5, 5.41) is 9.57. The minimum atomic E-state index is -0.176. The van der Waals surface area contributed by atoms with Crippen molar-refractivity contribution >= 4 is 23.4 Å². The summed E-state index contributed by atoms with van der Waals surface area (Å²) in [4.78, 5) is 15.5. The molecule has 5 nitrogen and oxygen atoms in total. The zero-order valence-electron chi connectivity index (χ0n) is 10.7. The molecule has 1 aromatic heterocycles. The Morgan fingerprint density at radius 1 is 1.68 bits per heavy atom. The van der Waals surface area contributed by atoms with Crippen LogP contribution in [-0.2, 0) is 9.53 Å². The van der Waals surface area contributed by atoms with Gasteiger partial charge in [0.15, 0.2) is 0 Å². The van der Waals surface area contributed by atoms with E-state index in [0.29, 0.717) is 22.7 Å². The number of rotatable bonds is 5. The fourth-order valence-electron chi connectivity index (χ4n) is 1.82. The third kappa shape index (κ3) is 3.18. The predicted octanol–water partition coefficient (Wildman–Crippen LogP) is 1.97. The first-order chi connectivity index (χ1) is 9.10.